The number of hydrogen-bond acceptors (Lipinski definition) is 2. The van der Waals surface area contributed by atoms with Crippen LogP contribution in [0.1, 0.15) is 25.3 Å². The second-order valence-electron chi connectivity index (χ2n) is 3.34. The second kappa shape index (κ2) is 3.13. The minimum Gasteiger partial charge on any atom is -0.461 e. The predicted octanol–water partition coefficient (Wildman–Crippen LogP) is 3.66. The highest BCUT2D eigenvalue weighted by Gasteiger charge is 2.13. The molecule has 68 valence electrons. The molecule has 2 nitrogen and oxygen atoms in total. The molecular formula is C11H12O2. The lowest BCUT2D eigenvalue weighted by Crippen LogP contribution is -1.85. The van der Waals surface area contributed by atoms with Crippen molar-refractivity contribution in [2.45, 2.75) is 19.8 Å². The summed E-state index contributed by atoms with van der Waals surface area (Å²) in [7, 11) is 0. The Bertz CT molecular complexity index is 368. The summed E-state index contributed by atoms with van der Waals surface area (Å²) in [4.78, 5) is 0. The lowest BCUT2D eigenvalue weighted by Gasteiger charge is -2.02. The fourth-order valence-corrected chi connectivity index (χ4v) is 1.38. The molecular weight excluding hydrogens is 164 g/mol. The molecule has 0 aliphatic rings. The SMILES string of the molecule is CC(C)c1ccoc1-c1ccco1. The zero-order chi connectivity index (χ0) is 9.26. The summed E-state index contributed by atoms with van der Waals surface area (Å²) in [6.07, 6.45) is 3.36. The maximum atomic E-state index is 5.38. The van der Waals surface area contributed by atoms with E-state index in [2.05, 4.69) is 13.8 Å². The lowest BCUT2D eigenvalue weighted by atomic mass is 10.0. The predicted molar refractivity (Wildman–Crippen MR) is 50.5 cm³/mol. The smallest absolute Gasteiger partial charge is 0.172 e. The van der Waals surface area contributed by atoms with Crippen molar-refractivity contribution in [2.24, 2.45) is 0 Å². The third kappa shape index (κ3) is 1.39. The van der Waals surface area contributed by atoms with Crippen molar-refractivity contribution in [3.63, 3.8) is 0 Å². The van der Waals surface area contributed by atoms with E-state index < -0.39 is 0 Å². The van der Waals surface area contributed by atoms with Crippen LogP contribution in [0.2, 0.25) is 0 Å². The Labute approximate surface area is 77.2 Å². The Balaban J connectivity index is 2.46. The quantitative estimate of drug-likeness (QED) is 0.697. The van der Waals surface area contributed by atoms with Crippen molar-refractivity contribution in [1.29, 1.82) is 0 Å². The van der Waals surface area contributed by atoms with Crippen molar-refractivity contribution in [3.05, 3.63) is 36.3 Å². The van der Waals surface area contributed by atoms with Crippen molar-refractivity contribution < 1.29 is 8.83 Å². The van der Waals surface area contributed by atoms with Gasteiger partial charge in [0.05, 0.1) is 12.5 Å². The molecule has 0 radical (unpaired) electrons. The highest BCUT2D eigenvalue weighted by Crippen LogP contribution is 2.30. The van der Waals surface area contributed by atoms with Crippen LogP contribution < -0.4 is 0 Å². The van der Waals surface area contributed by atoms with Crippen LogP contribution in [0, 0.1) is 0 Å². The van der Waals surface area contributed by atoms with E-state index in [0.29, 0.717) is 5.92 Å². The van der Waals surface area contributed by atoms with Crippen LogP contribution in [0.15, 0.2) is 39.6 Å². The molecule has 0 unspecified atom stereocenters. The topological polar surface area (TPSA) is 26.3 Å². The van der Waals surface area contributed by atoms with Crippen LogP contribution >= 0.6 is 0 Å². The second-order valence-corrected chi connectivity index (χ2v) is 3.34. The van der Waals surface area contributed by atoms with Gasteiger partial charge in [0.2, 0.25) is 0 Å². The first-order chi connectivity index (χ1) is 6.29. The van der Waals surface area contributed by atoms with Crippen molar-refractivity contribution in [2.75, 3.05) is 0 Å². The molecule has 2 aromatic rings. The van der Waals surface area contributed by atoms with Crippen LogP contribution in [0.5, 0.6) is 0 Å². The number of rotatable bonds is 2. The molecule has 0 N–H and O–H groups in total. The van der Waals surface area contributed by atoms with Gasteiger partial charge in [0.1, 0.15) is 0 Å². The third-order valence-corrected chi connectivity index (χ3v) is 2.06. The maximum Gasteiger partial charge on any atom is 0.172 e. The first kappa shape index (κ1) is 8.17. The lowest BCUT2D eigenvalue weighted by molar-refractivity contribution is 0.520. The van der Waals surface area contributed by atoms with Crippen LogP contribution in [0.4, 0.5) is 0 Å². The normalized spacial score (nSPS) is 11.0. The molecule has 2 aromatic heterocycles. The van der Waals surface area contributed by atoms with Gasteiger partial charge in [-0.3, -0.25) is 0 Å². The molecule has 0 aromatic carbocycles. The minimum absolute atomic E-state index is 0.457. The summed E-state index contributed by atoms with van der Waals surface area (Å²) in [5, 5.41) is 0. The Morgan fingerprint density at radius 2 is 1.92 bits per heavy atom. The Kier molecular flexibility index (Phi) is 1.97. The van der Waals surface area contributed by atoms with E-state index in [9.17, 15) is 0 Å². The Morgan fingerprint density at radius 1 is 1.08 bits per heavy atom. The van der Waals surface area contributed by atoms with Gasteiger partial charge in [-0.2, -0.15) is 0 Å². The van der Waals surface area contributed by atoms with Gasteiger partial charge in [0, 0.05) is 5.56 Å². The zero-order valence-electron chi connectivity index (χ0n) is 7.78. The van der Waals surface area contributed by atoms with E-state index in [1.807, 2.05) is 18.2 Å². The van der Waals surface area contributed by atoms with E-state index in [4.69, 9.17) is 8.83 Å². The third-order valence-electron chi connectivity index (χ3n) is 2.06. The van der Waals surface area contributed by atoms with E-state index in [0.717, 1.165) is 11.5 Å². The van der Waals surface area contributed by atoms with Gasteiger partial charge in [-0.1, -0.05) is 13.8 Å². The Morgan fingerprint density at radius 3 is 2.54 bits per heavy atom. The first-order valence-electron chi connectivity index (χ1n) is 4.40. The van der Waals surface area contributed by atoms with Gasteiger partial charge in [-0.05, 0) is 24.1 Å². The molecule has 0 atom stereocenters. The molecule has 0 saturated heterocycles. The standard InChI is InChI=1S/C11H12O2/c1-8(2)9-5-7-13-11(9)10-4-3-6-12-10/h3-8H,1-2H3. The average molecular weight is 176 g/mol. The zero-order valence-corrected chi connectivity index (χ0v) is 7.78. The molecule has 2 heteroatoms. The van der Waals surface area contributed by atoms with Crippen molar-refractivity contribution >= 4 is 0 Å². The van der Waals surface area contributed by atoms with Gasteiger partial charge in [0.15, 0.2) is 11.5 Å². The molecule has 0 fully saturated rings. The summed E-state index contributed by atoms with van der Waals surface area (Å²) < 4.78 is 10.7. The minimum atomic E-state index is 0.457. The fraction of sp³-hybridized carbons (Fsp3) is 0.273. The highest BCUT2D eigenvalue weighted by molar-refractivity contribution is 5.55. The molecule has 2 rings (SSSR count). The van der Waals surface area contributed by atoms with E-state index >= 15 is 0 Å². The summed E-state index contributed by atoms with van der Waals surface area (Å²) in [6.45, 7) is 4.27. The van der Waals surface area contributed by atoms with E-state index in [1.165, 1.54) is 5.56 Å². The fourth-order valence-electron chi connectivity index (χ4n) is 1.38. The van der Waals surface area contributed by atoms with Crippen molar-refractivity contribution in [1.82, 2.24) is 0 Å². The summed E-state index contributed by atoms with van der Waals surface area (Å²) in [6, 6.07) is 5.76. The number of furan rings is 2. The van der Waals surface area contributed by atoms with Gasteiger partial charge in [-0.25, -0.2) is 0 Å². The van der Waals surface area contributed by atoms with E-state index in [-0.39, 0.29) is 0 Å². The summed E-state index contributed by atoms with van der Waals surface area (Å²) >= 11 is 0. The van der Waals surface area contributed by atoms with Crippen LogP contribution in [0.3, 0.4) is 0 Å². The average Bonchev–Trinajstić information content (AvgIpc) is 2.74. The molecule has 0 spiro atoms. The molecule has 0 saturated carbocycles. The van der Waals surface area contributed by atoms with Gasteiger partial charge in [-0.15, -0.1) is 0 Å². The highest BCUT2D eigenvalue weighted by atomic mass is 16.4. The molecule has 0 aliphatic heterocycles. The summed E-state index contributed by atoms with van der Waals surface area (Å²) in [5.74, 6) is 2.10. The van der Waals surface area contributed by atoms with Crippen LogP contribution in [0.25, 0.3) is 11.5 Å². The summed E-state index contributed by atoms with van der Waals surface area (Å²) in [5.41, 5.74) is 1.19. The molecule has 2 heterocycles. The van der Waals surface area contributed by atoms with Crippen LogP contribution in [-0.4, -0.2) is 0 Å². The largest absolute Gasteiger partial charge is 0.461 e. The van der Waals surface area contributed by atoms with Crippen LogP contribution in [-0.2, 0) is 0 Å². The van der Waals surface area contributed by atoms with E-state index in [1.54, 1.807) is 12.5 Å². The maximum absolute atomic E-state index is 5.38. The molecule has 0 bridgehead atoms. The van der Waals surface area contributed by atoms with Gasteiger partial charge >= 0.3 is 0 Å². The monoisotopic (exact) mass is 176 g/mol. The Hall–Kier alpha value is -1.44. The van der Waals surface area contributed by atoms with Gasteiger partial charge < -0.3 is 8.83 Å². The molecule has 0 aliphatic carbocycles. The molecule has 13 heavy (non-hydrogen) atoms. The van der Waals surface area contributed by atoms with Gasteiger partial charge in [0.25, 0.3) is 0 Å². The van der Waals surface area contributed by atoms with Crippen molar-refractivity contribution in [3.8, 4) is 11.5 Å². The number of hydrogen-bond donors (Lipinski definition) is 0. The first-order valence-corrected chi connectivity index (χ1v) is 4.40. The molecule has 0 amide bonds.